The van der Waals surface area contributed by atoms with Crippen molar-refractivity contribution in [2.45, 2.75) is 32.7 Å². The molecule has 0 bridgehead atoms. The Kier molecular flexibility index (Phi) is 5.28. The molecular weight excluding hydrogens is 196 g/mol. The number of likely N-dealkylation sites (N-methyl/N-ethyl adjacent to an activating group) is 1. The topological polar surface area (TPSA) is 69.6 Å². The van der Waals surface area contributed by atoms with Gasteiger partial charge in [-0.2, -0.15) is 0 Å². The van der Waals surface area contributed by atoms with Gasteiger partial charge in [0.25, 0.3) is 0 Å². The van der Waals surface area contributed by atoms with Crippen LogP contribution in [0.5, 0.6) is 0 Å². The Balaban J connectivity index is 3.81. The number of carboxylic acids is 1. The Morgan fingerprint density at radius 1 is 1.33 bits per heavy atom. The Morgan fingerprint density at radius 3 is 2.27 bits per heavy atom. The van der Waals surface area contributed by atoms with E-state index in [1.807, 2.05) is 20.8 Å². The van der Waals surface area contributed by atoms with Crippen LogP contribution >= 0.6 is 0 Å². The van der Waals surface area contributed by atoms with Crippen molar-refractivity contribution in [1.29, 1.82) is 0 Å². The number of aliphatic carboxylic acids is 1. The third kappa shape index (κ3) is 9.21. The molecule has 0 unspecified atom stereocenters. The van der Waals surface area contributed by atoms with Crippen molar-refractivity contribution in [3.63, 3.8) is 0 Å². The van der Waals surface area contributed by atoms with E-state index in [9.17, 15) is 9.59 Å². The average Bonchev–Trinajstić information content (AvgIpc) is 1.96. The number of carbonyl (C=O) groups excluding carboxylic acids is 1. The summed E-state index contributed by atoms with van der Waals surface area (Å²) in [6, 6.07) is 0. The molecule has 2 N–H and O–H groups in total. The molecule has 15 heavy (non-hydrogen) atoms. The predicted molar refractivity (Wildman–Crippen MR) is 57.6 cm³/mol. The van der Waals surface area contributed by atoms with Crippen LogP contribution in [-0.4, -0.2) is 47.6 Å². The average molecular weight is 216 g/mol. The van der Waals surface area contributed by atoms with Gasteiger partial charge in [-0.05, 0) is 27.8 Å². The molecule has 0 saturated heterocycles. The van der Waals surface area contributed by atoms with Crippen LogP contribution in [0.1, 0.15) is 27.2 Å². The van der Waals surface area contributed by atoms with Crippen LogP contribution in [0.2, 0.25) is 0 Å². The summed E-state index contributed by atoms with van der Waals surface area (Å²) >= 11 is 0. The maximum atomic E-state index is 11.4. The highest BCUT2D eigenvalue weighted by atomic mass is 16.4. The SMILES string of the molecule is CN(CCC(=O)O)CC(=O)NC(C)(C)C. The second-order valence-corrected chi connectivity index (χ2v) is 4.68. The molecule has 0 aliphatic heterocycles. The van der Waals surface area contributed by atoms with E-state index in [-0.39, 0.29) is 24.4 Å². The van der Waals surface area contributed by atoms with Crippen LogP contribution in [0.3, 0.4) is 0 Å². The predicted octanol–water partition coefficient (Wildman–Crippen LogP) is 0.308. The van der Waals surface area contributed by atoms with Crippen molar-refractivity contribution in [2.75, 3.05) is 20.1 Å². The van der Waals surface area contributed by atoms with Gasteiger partial charge in [-0.3, -0.25) is 14.5 Å². The quantitative estimate of drug-likeness (QED) is 0.694. The van der Waals surface area contributed by atoms with E-state index in [0.29, 0.717) is 6.54 Å². The molecule has 0 aromatic heterocycles. The van der Waals surface area contributed by atoms with Gasteiger partial charge in [-0.15, -0.1) is 0 Å². The van der Waals surface area contributed by atoms with Crippen LogP contribution in [0, 0.1) is 0 Å². The Bertz CT molecular complexity index is 233. The summed E-state index contributed by atoms with van der Waals surface area (Å²) < 4.78 is 0. The molecule has 0 aliphatic carbocycles. The minimum Gasteiger partial charge on any atom is -0.481 e. The number of nitrogens with zero attached hydrogens (tertiary/aromatic N) is 1. The van der Waals surface area contributed by atoms with E-state index in [1.54, 1.807) is 11.9 Å². The van der Waals surface area contributed by atoms with Gasteiger partial charge in [0.05, 0.1) is 13.0 Å². The largest absolute Gasteiger partial charge is 0.481 e. The molecule has 0 radical (unpaired) electrons. The molecule has 5 heteroatoms. The number of carboxylic acid groups (broad SMARTS) is 1. The molecule has 0 atom stereocenters. The van der Waals surface area contributed by atoms with Crippen LogP contribution < -0.4 is 5.32 Å². The first-order valence-corrected chi connectivity index (χ1v) is 4.92. The Hall–Kier alpha value is -1.10. The highest BCUT2D eigenvalue weighted by Gasteiger charge is 2.15. The summed E-state index contributed by atoms with van der Waals surface area (Å²) in [5, 5.41) is 11.3. The van der Waals surface area contributed by atoms with E-state index >= 15 is 0 Å². The molecule has 1 amide bonds. The number of hydrogen-bond acceptors (Lipinski definition) is 3. The van der Waals surface area contributed by atoms with Gasteiger partial charge in [-0.1, -0.05) is 0 Å². The zero-order valence-electron chi connectivity index (χ0n) is 9.83. The monoisotopic (exact) mass is 216 g/mol. The Labute approximate surface area is 90.5 Å². The van der Waals surface area contributed by atoms with Crippen molar-refractivity contribution >= 4 is 11.9 Å². The van der Waals surface area contributed by atoms with Crippen molar-refractivity contribution in [3.8, 4) is 0 Å². The minimum atomic E-state index is -0.849. The third-order valence-corrected chi connectivity index (χ3v) is 1.64. The highest BCUT2D eigenvalue weighted by Crippen LogP contribution is 1.98. The van der Waals surface area contributed by atoms with Crippen molar-refractivity contribution < 1.29 is 14.7 Å². The van der Waals surface area contributed by atoms with Crippen LogP contribution in [0.15, 0.2) is 0 Å². The first-order chi connectivity index (χ1) is 6.70. The second-order valence-electron chi connectivity index (χ2n) is 4.68. The van der Waals surface area contributed by atoms with Gasteiger partial charge in [0, 0.05) is 12.1 Å². The summed E-state index contributed by atoms with van der Waals surface area (Å²) in [4.78, 5) is 23.4. The van der Waals surface area contributed by atoms with E-state index < -0.39 is 5.97 Å². The molecule has 0 aromatic carbocycles. The first-order valence-electron chi connectivity index (χ1n) is 4.92. The smallest absolute Gasteiger partial charge is 0.304 e. The van der Waals surface area contributed by atoms with Gasteiger partial charge < -0.3 is 10.4 Å². The molecule has 0 aliphatic rings. The van der Waals surface area contributed by atoms with Crippen LogP contribution in [0.25, 0.3) is 0 Å². The lowest BCUT2D eigenvalue weighted by Gasteiger charge is -2.23. The normalized spacial score (nSPS) is 11.5. The fourth-order valence-corrected chi connectivity index (χ4v) is 1.07. The number of amides is 1. The van der Waals surface area contributed by atoms with Gasteiger partial charge in [0.15, 0.2) is 0 Å². The number of hydrogen-bond donors (Lipinski definition) is 2. The lowest BCUT2D eigenvalue weighted by molar-refractivity contribution is -0.137. The molecular formula is C10H20N2O3. The molecule has 0 heterocycles. The van der Waals surface area contributed by atoms with Crippen molar-refractivity contribution in [1.82, 2.24) is 10.2 Å². The molecule has 0 saturated carbocycles. The van der Waals surface area contributed by atoms with Crippen molar-refractivity contribution in [3.05, 3.63) is 0 Å². The lowest BCUT2D eigenvalue weighted by Crippen LogP contribution is -2.45. The van der Waals surface area contributed by atoms with Crippen LogP contribution in [-0.2, 0) is 9.59 Å². The molecule has 5 nitrogen and oxygen atoms in total. The third-order valence-electron chi connectivity index (χ3n) is 1.64. The molecule has 0 fully saturated rings. The molecule has 0 rings (SSSR count). The van der Waals surface area contributed by atoms with E-state index in [2.05, 4.69) is 5.32 Å². The van der Waals surface area contributed by atoms with Crippen molar-refractivity contribution in [2.24, 2.45) is 0 Å². The van der Waals surface area contributed by atoms with E-state index in [4.69, 9.17) is 5.11 Å². The Morgan fingerprint density at radius 2 is 1.87 bits per heavy atom. The fraction of sp³-hybridized carbons (Fsp3) is 0.800. The zero-order valence-corrected chi connectivity index (χ0v) is 9.83. The van der Waals surface area contributed by atoms with Gasteiger partial charge in [-0.25, -0.2) is 0 Å². The van der Waals surface area contributed by atoms with E-state index in [1.165, 1.54) is 0 Å². The highest BCUT2D eigenvalue weighted by molar-refractivity contribution is 5.78. The summed E-state index contributed by atoms with van der Waals surface area (Å²) in [5.41, 5.74) is -0.245. The maximum Gasteiger partial charge on any atom is 0.304 e. The number of rotatable bonds is 5. The molecule has 0 spiro atoms. The first kappa shape index (κ1) is 13.9. The fourth-order valence-electron chi connectivity index (χ4n) is 1.07. The maximum absolute atomic E-state index is 11.4. The van der Waals surface area contributed by atoms with Gasteiger partial charge in [0.1, 0.15) is 0 Å². The van der Waals surface area contributed by atoms with Gasteiger partial charge >= 0.3 is 5.97 Å². The molecule has 0 aromatic rings. The summed E-state index contributed by atoms with van der Waals surface area (Å²) in [7, 11) is 1.73. The minimum absolute atomic E-state index is 0.0549. The van der Waals surface area contributed by atoms with E-state index in [0.717, 1.165) is 0 Å². The summed E-state index contributed by atoms with van der Waals surface area (Å²) in [6.07, 6.45) is 0.0549. The molecule has 88 valence electrons. The van der Waals surface area contributed by atoms with Gasteiger partial charge in [0.2, 0.25) is 5.91 Å². The van der Waals surface area contributed by atoms with Crippen LogP contribution in [0.4, 0.5) is 0 Å². The number of carbonyl (C=O) groups is 2. The summed E-state index contributed by atoms with van der Waals surface area (Å²) in [6.45, 7) is 6.32. The second kappa shape index (κ2) is 5.70. The standard InChI is InChI=1S/C10H20N2O3/c1-10(2,3)11-8(13)7-12(4)6-5-9(14)15/h5-7H2,1-4H3,(H,11,13)(H,14,15). The number of nitrogens with one attached hydrogen (secondary N) is 1. The zero-order chi connectivity index (χ0) is 12.1. The summed E-state index contributed by atoms with van der Waals surface area (Å²) in [5.74, 6) is -0.937. The lowest BCUT2D eigenvalue weighted by atomic mass is 10.1.